The van der Waals surface area contributed by atoms with Crippen LogP contribution in [0, 0.1) is 0 Å². The predicted molar refractivity (Wildman–Crippen MR) is 158 cm³/mol. The Kier molecular flexibility index (Phi) is 10.4. The minimum atomic E-state index is -0.149. The first-order valence-electron chi connectivity index (χ1n) is 12.0. The summed E-state index contributed by atoms with van der Waals surface area (Å²) in [6.07, 6.45) is 7.95. The van der Waals surface area contributed by atoms with E-state index in [9.17, 15) is 9.59 Å². The number of carbonyl (C=O) groups is 2. The van der Waals surface area contributed by atoms with E-state index in [1.165, 1.54) is 33.4 Å². The zero-order valence-electron chi connectivity index (χ0n) is 20.1. The molecule has 1 aliphatic carbocycles. The van der Waals surface area contributed by atoms with Gasteiger partial charge in [-0.05, 0) is 65.0 Å². The van der Waals surface area contributed by atoms with E-state index >= 15 is 0 Å². The lowest BCUT2D eigenvalue weighted by Gasteiger charge is -2.31. The molecule has 2 aromatic carbocycles. The molecular formula is C28H34IN3O2S. The van der Waals surface area contributed by atoms with Gasteiger partial charge in [-0.15, -0.1) is 0 Å². The molecule has 5 nitrogen and oxygen atoms in total. The average Bonchev–Trinajstić information content (AvgIpc) is 3.38. The van der Waals surface area contributed by atoms with E-state index in [-0.39, 0.29) is 37.9 Å². The molecular weight excluding hydrogens is 569 g/mol. The van der Waals surface area contributed by atoms with Crippen LogP contribution in [0.5, 0.6) is 0 Å². The van der Waals surface area contributed by atoms with E-state index in [1.807, 2.05) is 9.83 Å². The maximum Gasteiger partial charge on any atom is 0.241 e. The van der Waals surface area contributed by atoms with Crippen LogP contribution in [0.1, 0.15) is 47.9 Å². The molecule has 3 aliphatic rings. The number of benzene rings is 2. The van der Waals surface area contributed by atoms with Crippen LogP contribution in [-0.4, -0.2) is 53.9 Å². The van der Waals surface area contributed by atoms with E-state index in [2.05, 4.69) is 93.9 Å². The number of carbonyl (C=O) groups excluding carboxylic acids is 2. The summed E-state index contributed by atoms with van der Waals surface area (Å²) >= 11 is 2.15. The number of fused-ring (bicyclic) bond motifs is 2. The van der Waals surface area contributed by atoms with Crippen LogP contribution < -0.4 is 10.6 Å². The lowest BCUT2D eigenvalue weighted by Crippen LogP contribution is -2.47. The molecule has 186 valence electrons. The van der Waals surface area contributed by atoms with Crippen molar-refractivity contribution >= 4 is 65.6 Å². The summed E-state index contributed by atoms with van der Waals surface area (Å²) in [6.45, 7) is 2.33. The van der Waals surface area contributed by atoms with Crippen molar-refractivity contribution in [1.82, 2.24) is 15.5 Å². The molecule has 2 amide bonds. The molecule has 0 aromatic heterocycles. The van der Waals surface area contributed by atoms with Gasteiger partial charge in [-0.25, -0.2) is 0 Å². The zero-order valence-corrected chi connectivity index (χ0v) is 23.3. The minimum Gasteiger partial charge on any atom is -0.346 e. The normalized spacial score (nSPS) is 18.3. The Balaban J connectivity index is 0.00000111. The van der Waals surface area contributed by atoms with Crippen molar-refractivity contribution in [2.75, 3.05) is 31.1 Å². The van der Waals surface area contributed by atoms with E-state index in [4.69, 9.17) is 0 Å². The summed E-state index contributed by atoms with van der Waals surface area (Å²) in [5.74, 6) is -0.0569. The Morgan fingerprint density at radius 1 is 0.971 bits per heavy atom. The number of halogens is 1. The Morgan fingerprint density at radius 3 is 2.09 bits per heavy atom. The Bertz CT molecular complexity index is 1050. The first-order valence-corrected chi connectivity index (χ1v) is 14.1. The SMILES string of the molecule is CI.O=C(NCC(=O)N1CCC(=C2c3ccccc3C=Cc3ccccc32)CC1)[C@@H]1CCCN1.S. The Morgan fingerprint density at radius 2 is 1.54 bits per heavy atom. The fraction of sp³-hybridized carbons (Fsp3) is 0.357. The van der Waals surface area contributed by atoms with Crippen LogP contribution >= 0.6 is 36.1 Å². The van der Waals surface area contributed by atoms with Crippen LogP contribution in [0.4, 0.5) is 0 Å². The van der Waals surface area contributed by atoms with E-state index in [0.717, 1.165) is 32.2 Å². The van der Waals surface area contributed by atoms with Gasteiger partial charge >= 0.3 is 0 Å². The van der Waals surface area contributed by atoms with E-state index in [1.54, 1.807) is 0 Å². The number of nitrogens with zero attached hydrogens (tertiary/aromatic N) is 1. The quantitative estimate of drug-likeness (QED) is 0.339. The van der Waals surface area contributed by atoms with Crippen molar-refractivity contribution in [3.63, 3.8) is 0 Å². The molecule has 2 aromatic rings. The van der Waals surface area contributed by atoms with Gasteiger partial charge in [0, 0.05) is 13.1 Å². The van der Waals surface area contributed by atoms with Crippen molar-refractivity contribution in [1.29, 1.82) is 0 Å². The molecule has 5 rings (SSSR count). The third kappa shape index (κ3) is 6.37. The summed E-state index contributed by atoms with van der Waals surface area (Å²) in [6, 6.07) is 16.9. The molecule has 7 heteroatoms. The first-order chi connectivity index (χ1) is 16.7. The van der Waals surface area contributed by atoms with Gasteiger partial charge in [-0.3, -0.25) is 9.59 Å². The van der Waals surface area contributed by atoms with Gasteiger partial charge in [-0.2, -0.15) is 13.5 Å². The highest BCUT2D eigenvalue weighted by Crippen LogP contribution is 2.38. The second-order valence-corrected chi connectivity index (χ2v) is 8.73. The molecule has 1 atom stereocenters. The summed E-state index contributed by atoms with van der Waals surface area (Å²) in [4.78, 5) is 28.8. The second-order valence-electron chi connectivity index (χ2n) is 8.73. The van der Waals surface area contributed by atoms with Crippen LogP contribution in [0.15, 0.2) is 54.1 Å². The van der Waals surface area contributed by atoms with Crippen molar-refractivity contribution in [2.45, 2.75) is 31.7 Å². The van der Waals surface area contributed by atoms with Gasteiger partial charge < -0.3 is 15.5 Å². The van der Waals surface area contributed by atoms with Gasteiger partial charge in [0.2, 0.25) is 11.8 Å². The summed E-state index contributed by atoms with van der Waals surface area (Å²) < 4.78 is 0. The van der Waals surface area contributed by atoms with Crippen molar-refractivity contribution in [3.05, 3.63) is 76.4 Å². The zero-order chi connectivity index (χ0) is 23.9. The molecule has 0 radical (unpaired) electrons. The molecule has 2 N–H and O–H groups in total. The molecule has 0 spiro atoms. The third-order valence-corrected chi connectivity index (χ3v) is 6.77. The number of rotatable bonds is 3. The number of amides is 2. The molecule has 0 bridgehead atoms. The second kappa shape index (κ2) is 13.3. The summed E-state index contributed by atoms with van der Waals surface area (Å²) in [5.41, 5.74) is 7.70. The third-order valence-electron chi connectivity index (χ3n) is 6.77. The van der Waals surface area contributed by atoms with E-state index in [0.29, 0.717) is 13.1 Å². The molecule has 35 heavy (non-hydrogen) atoms. The van der Waals surface area contributed by atoms with Crippen molar-refractivity contribution in [3.8, 4) is 0 Å². The van der Waals surface area contributed by atoms with Crippen molar-refractivity contribution < 1.29 is 9.59 Å². The Hall–Kier alpha value is -2.10. The smallest absolute Gasteiger partial charge is 0.241 e. The van der Waals surface area contributed by atoms with Gasteiger partial charge in [0.05, 0.1) is 12.6 Å². The number of likely N-dealkylation sites (tertiary alicyclic amines) is 1. The van der Waals surface area contributed by atoms with Gasteiger partial charge in [0.15, 0.2) is 0 Å². The molecule has 2 heterocycles. The largest absolute Gasteiger partial charge is 0.346 e. The van der Waals surface area contributed by atoms with Gasteiger partial charge in [0.25, 0.3) is 0 Å². The average molecular weight is 604 g/mol. The number of piperidine rings is 1. The van der Waals surface area contributed by atoms with Crippen LogP contribution in [-0.2, 0) is 9.59 Å². The molecule has 2 saturated heterocycles. The van der Waals surface area contributed by atoms with Gasteiger partial charge in [0.1, 0.15) is 0 Å². The fourth-order valence-electron chi connectivity index (χ4n) is 5.03. The monoisotopic (exact) mass is 603 g/mol. The summed E-state index contributed by atoms with van der Waals surface area (Å²) in [5, 5.41) is 5.99. The summed E-state index contributed by atoms with van der Waals surface area (Å²) in [7, 11) is 0. The predicted octanol–water partition coefficient (Wildman–Crippen LogP) is 4.63. The first kappa shape index (κ1) is 27.5. The highest BCUT2D eigenvalue weighted by Gasteiger charge is 2.26. The van der Waals surface area contributed by atoms with Crippen molar-refractivity contribution in [2.24, 2.45) is 0 Å². The molecule has 2 aliphatic heterocycles. The maximum absolute atomic E-state index is 12.7. The van der Waals surface area contributed by atoms with Crippen LogP contribution in [0.3, 0.4) is 0 Å². The Labute approximate surface area is 229 Å². The number of alkyl halides is 1. The van der Waals surface area contributed by atoms with Gasteiger partial charge in [-0.1, -0.05) is 88.8 Å². The molecule has 2 fully saturated rings. The van der Waals surface area contributed by atoms with Crippen LogP contribution in [0.2, 0.25) is 0 Å². The highest BCUT2D eigenvalue weighted by molar-refractivity contribution is 14.1. The maximum atomic E-state index is 12.7. The molecule has 0 saturated carbocycles. The number of hydrogen-bond donors (Lipinski definition) is 2. The lowest BCUT2D eigenvalue weighted by molar-refractivity contribution is -0.133. The topological polar surface area (TPSA) is 61.4 Å². The van der Waals surface area contributed by atoms with E-state index < -0.39 is 0 Å². The number of nitrogens with one attached hydrogen (secondary N) is 2. The lowest BCUT2D eigenvalue weighted by atomic mass is 9.86. The fourth-order valence-corrected chi connectivity index (χ4v) is 5.03. The van der Waals surface area contributed by atoms with Crippen LogP contribution in [0.25, 0.3) is 17.7 Å². The number of hydrogen-bond acceptors (Lipinski definition) is 3. The standard InChI is InChI=1S/C27H29N3O2.CH3I.H2S/c31-25(18-29-27(32)24-10-5-15-28-24)30-16-13-21(14-17-30)26-22-8-3-1-6-19(22)11-12-20-7-2-4-9-23(20)26;1-2;/h1-4,6-9,11-12,24,28H,5,10,13-18H2,(H,29,32);1H3;1H2/t24-;;/m0../s1. The minimum absolute atomic E-state index is 0. The molecule has 0 unspecified atom stereocenters. The highest BCUT2D eigenvalue weighted by atomic mass is 127.